The standard InChI is InChI=1S/C26H52NO7P/c1-5-6-7-8-9-10-11-12-13-14-15-16-17-18-19-20-26(29)32-23-25(28)24-34-35(30,31)33-22-21-27(2,3)4/h15-16,25,28H,5-14,17-24H2,1-4H3/p+1/b16-15+/t25-/m1/s1. The number of quaternary nitrogens is 1. The maximum Gasteiger partial charge on any atom is 0.472 e. The highest BCUT2D eigenvalue weighted by Gasteiger charge is 2.24. The molecule has 1 unspecified atom stereocenters. The number of aliphatic hydroxyl groups excluding tert-OH is 1. The zero-order valence-corrected chi connectivity index (χ0v) is 23.7. The lowest BCUT2D eigenvalue weighted by Gasteiger charge is -2.24. The molecule has 0 aromatic heterocycles. The van der Waals surface area contributed by atoms with Gasteiger partial charge in [0.2, 0.25) is 0 Å². The van der Waals surface area contributed by atoms with Crippen molar-refractivity contribution in [2.24, 2.45) is 0 Å². The van der Waals surface area contributed by atoms with Gasteiger partial charge in [0.1, 0.15) is 25.9 Å². The molecule has 0 heterocycles. The van der Waals surface area contributed by atoms with Crippen molar-refractivity contribution in [3.05, 3.63) is 12.2 Å². The molecule has 0 aromatic rings. The van der Waals surface area contributed by atoms with E-state index in [1.165, 1.54) is 57.8 Å². The number of likely N-dealkylation sites (N-methyl/N-ethyl adjacent to an activating group) is 1. The molecule has 0 aliphatic heterocycles. The highest BCUT2D eigenvalue weighted by molar-refractivity contribution is 7.47. The molecule has 0 saturated carbocycles. The Morgan fingerprint density at radius 1 is 0.857 bits per heavy atom. The van der Waals surface area contributed by atoms with E-state index in [1.54, 1.807) is 0 Å². The van der Waals surface area contributed by atoms with E-state index in [4.69, 9.17) is 13.8 Å². The Balaban J connectivity index is 3.61. The minimum atomic E-state index is -4.24. The fraction of sp³-hybridized carbons (Fsp3) is 0.885. The number of esters is 1. The van der Waals surface area contributed by atoms with Gasteiger partial charge in [0.15, 0.2) is 0 Å². The van der Waals surface area contributed by atoms with Gasteiger partial charge in [0.25, 0.3) is 0 Å². The van der Waals surface area contributed by atoms with Crippen LogP contribution in [0.2, 0.25) is 0 Å². The van der Waals surface area contributed by atoms with Crippen LogP contribution in [-0.4, -0.2) is 74.1 Å². The van der Waals surface area contributed by atoms with Crippen LogP contribution in [-0.2, 0) is 23.1 Å². The fourth-order valence-electron chi connectivity index (χ4n) is 3.30. The number of ether oxygens (including phenoxy) is 1. The second-order valence-corrected chi connectivity index (χ2v) is 11.7. The maximum absolute atomic E-state index is 11.8. The largest absolute Gasteiger partial charge is 0.472 e. The molecular formula is C26H53NO7P+. The molecular weight excluding hydrogens is 469 g/mol. The van der Waals surface area contributed by atoms with E-state index in [-0.39, 0.29) is 19.6 Å². The number of carbonyl (C=O) groups is 1. The Morgan fingerprint density at radius 2 is 1.40 bits per heavy atom. The van der Waals surface area contributed by atoms with E-state index in [0.717, 1.165) is 25.7 Å². The van der Waals surface area contributed by atoms with Gasteiger partial charge in [-0.25, -0.2) is 4.57 Å². The average Bonchev–Trinajstić information content (AvgIpc) is 2.78. The molecule has 8 nitrogen and oxygen atoms in total. The molecule has 0 aliphatic rings. The number of rotatable bonds is 24. The van der Waals surface area contributed by atoms with E-state index in [9.17, 15) is 19.4 Å². The van der Waals surface area contributed by atoms with Crippen LogP contribution in [0.3, 0.4) is 0 Å². The van der Waals surface area contributed by atoms with Crippen LogP contribution in [0.25, 0.3) is 0 Å². The molecule has 0 radical (unpaired) electrons. The number of hydrogen-bond donors (Lipinski definition) is 2. The zero-order valence-electron chi connectivity index (χ0n) is 22.8. The van der Waals surface area contributed by atoms with Gasteiger partial charge >= 0.3 is 13.8 Å². The Bertz CT molecular complexity index is 593. The lowest BCUT2D eigenvalue weighted by atomic mass is 10.1. The van der Waals surface area contributed by atoms with Gasteiger partial charge < -0.3 is 19.2 Å². The Kier molecular flexibility index (Phi) is 20.9. The van der Waals surface area contributed by atoms with Crippen molar-refractivity contribution in [3.8, 4) is 0 Å². The van der Waals surface area contributed by atoms with E-state index in [0.29, 0.717) is 11.0 Å². The molecule has 9 heteroatoms. The Hall–Kier alpha value is -0.760. The molecule has 2 N–H and O–H groups in total. The van der Waals surface area contributed by atoms with Crippen LogP contribution in [0, 0.1) is 0 Å². The second-order valence-electron chi connectivity index (χ2n) is 10.3. The van der Waals surface area contributed by atoms with Gasteiger partial charge in [-0.05, 0) is 32.1 Å². The smallest absolute Gasteiger partial charge is 0.463 e. The van der Waals surface area contributed by atoms with Gasteiger partial charge in [-0.1, -0.05) is 70.4 Å². The lowest BCUT2D eigenvalue weighted by molar-refractivity contribution is -0.870. The quantitative estimate of drug-likeness (QED) is 0.0546. The number of nitrogens with zero attached hydrogens (tertiary/aromatic N) is 1. The van der Waals surface area contributed by atoms with Crippen LogP contribution >= 0.6 is 7.82 Å². The highest BCUT2D eigenvalue weighted by Crippen LogP contribution is 2.43. The molecule has 0 bridgehead atoms. The summed E-state index contributed by atoms with van der Waals surface area (Å²) < 4.78 is 27.0. The zero-order chi connectivity index (χ0) is 26.4. The predicted octanol–water partition coefficient (Wildman–Crippen LogP) is 5.77. The first-order valence-corrected chi connectivity index (χ1v) is 15.0. The van der Waals surface area contributed by atoms with Crippen LogP contribution < -0.4 is 0 Å². The van der Waals surface area contributed by atoms with E-state index in [1.807, 2.05) is 21.1 Å². The summed E-state index contributed by atoms with van der Waals surface area (Å²) in [7, 11) is 1.55. The molecule has 35 heavy (non-hydrogen) atoms. The van der Waals surface area contributed by atoms with Crippen LogP contribution in [0.4, 0.5) is 0 Å². The minimum absolute atomic E-state index is 0.0524. The molecule has 0 aliphatic carbocycles. The van der Waals surface area contributed by atoms with Crippen LogP contribution in [0.15, 0.2) is 12.2 Å². The molecule has 208 valence electrons. The summed E-state index contributed by atoms with van der Waals surface area (Å²) in [5.41, 5.74) is 0. The number of phosphoric ester groups is 1. The van der Waals surface area contributed by atoms with Gasteiger partial charge in [-0.15, -0.1) is 0 Å². The number of allylic oxidation sites excluding steroid dienone is 2. The molecule has 0 fully saturated rings. The summed E-state index contributed by atoms with van der Waals surface area (Å²) in [6.45, 7) is 2.10. The van der Waals surface area contributed by atoms with E-state index < -0.39 is 26.5 Å². The Labute approximate surface area is 214 Å². The van der Waals surface area contributed by atoms with Gasteiger partial charge in [0.05, 0.1) is 27.7 Å². The molecule has 0 amide bonds. The van der Waals surface area contributed by atoms with Crippen molar-refractivity contribution in [1.82, 2.24) is 0 Å². The topological polar surface area (TPSA) is 102 Å². The summed E-state index contributed by atoms with van der Waals surface area (Å²) in [4.78, 5) is 21.4. The first-order chi connectivity index (χ1) is 16.6. The minimum Gasteiger partial charge on any atom is -0.463 e. The maximum atomic E-state index is 11.8. The van der Waals surface area contributed by atoms with E-state index in [2.05, 4.69) is 19.1 Å². The third-order valence-electron chi connectivity index (χ3n) is 5.53. The first kappa shape index (κ1) is 34.2. The summed E-state index contributed by atoms with van der Waals surface area (Å²) in [5.74, 6) is -0.394. The SMILES string of the molecule is CCCCCCCCCCC/C=C/CCCCC(=O)OC[C@@H](O)COP(=O)(O)OCC[N+](C)(C)C. The van der Waals surface area contributed by atoms with Crippen molar-refractivity contribution in [1.29, 1.82) is 0 Å². The van der Waals surface area contributed by atoms with Crippen molar-refractivity contribution in [3.63, 3.8) is 0 Å². The number of unbranched alkanes of at least 4 members (excludes halogenated alkanes) is 11. The Morgan fingerprint density at radius 3 is 1.97 bits per heavy atom. The number of hydrogen-bond acceptors (Lipinski definition) is 6. The summed E-state index contributed by atoms with van der Waals surface area (Å²) >= 11 is 0. The number of aliphatic hydroxyl groups is 1. The van der Waals surface area contributed by atoms with Crippen molar-refractivity contribution >= 4 is 13.8 Å². The number of phosphoric acid groups is 1. The number of carbonyl (C=O) groups excluding carboxylic acids is 1. The highest BCUT2D eigenvalue weighted by atomic mass is 31.2. The van der Waals surface area contributed by atoms with Crippen LogP contribution in [0.5, 0.6) is 0 Å². The molecule has 0 aromatic carbocycles. The molecule has 0 saturated heterocycles. The fourth-order valence-corrected chi connectivity index (χ4v) is 4.04. The third-order valence-corrected chi connectivity index (χ3v) is 6.51. The van der Waals surface area contributed by atoms with Gasteiger partial charge in [-0.3, -0.25) is 13.8 Å². The summed E-state index contributed by atoms with van der Waals surface area (Å²) in [6.07, 6.45) is 19.3. The molecule has 2 atom stereocenters. The predicted molar refractivity (Wildman–Crippen MR) is 141 cm³/mol. The van der Waals surface area contributed by atoms with Gasteiger partial charge in [-0.2, -0.15) is 0 Å². The van der Waals surface area contributed by atoms with Crippen molar-refractivity contribution < 1.29 is 37.6 Å². The molecule has 0 rings (SSSR count). The monoisotopic (exact) mass is 522 g/mol. The third kappa shape index (κ3) is 26.1. The normalized spacial score (nSPS) is 14.8. The summed E-state index contributed by atoms with van der Waals surface area (Å²) in [6, 6.07) is 0. The average molecular weight is 523 g/mol. The van der Waals surface area contributed by atoms with Crippen molar-refractivity contribution in [2.45, 2.75) is 103 Å². The second kappa shape index (κ2) is 21.3. The van der Waals surface area contributed by atoms with Crippen molar-refractivity contribution in [2.75, 3.05) is 47.5 Å². The van der Waals surface area contributed by atoms with Crippen LogP contribution in [0.1, 0.15) is 96.8 Å². The lowest BCUT2D eigenvalue weighted by Crippen LogP contribution is -2.37. The van der Waals surface area contributed by atoms with Gasteiger partial charge in [0, 0.05) is 6.42 Å². The van der Waals surface area contributed by atoms with E-state index >= 15 is 0 Å². The first-order valence-electron chi connectivity index (χ1n) is 13.5. The summed E-state index contributed by atoms with van der Waals surface area (Å²) in [5, 5.41) is 9.82. The molecule has 0 spiro atoms.